The van der Waals surface area contributed by atoms with Gasteiger partial charge < -0.3 is 20.1 Å². The third-order valence-electron chi connectivity index (χ3n) is 4.09. The van der Waals surface area contributed by atoms with E-state index in [4.69, 9.17) is 21.7 Å². The second-order valence-corrected chi connectivity index (χ2v) is 6.22. The zero-order chi connectivity index (χ0) is 20.3. The van der Waals surface area contributed by atoms with E-state index in [9.17, 15) is 14.4 Å². The van der Waals surface area contributed by atoms with Crippen LogP contribution in [0.25, 0.3) is 0 Å². The summed E-state index contributed by atoms with van der Waals surface area (Å²) in [5.74, 6) is -0.553. The number of ether oxygens (including phenoxy) is 2. The first kappa shape index (κ1) is 19.3. The van der Waals surface area contributed by atoms with E-state index in [0.717, 1.165) is 4.90 Å². The van der Waals surface area contributed by atoms with Gasteiger partial charge in [0.2, 0.25) is 5.91 Å². The number of fused-ring (bicyclic) bond motifs is 1. The Morgan fingerprint density at radius 3 is 2.25 bits per heavy atom. The van der Waals surface area contributed by atoms with Crippen molar-refractivity contribution < 1.29 is 23.9 Å². The van der Waals surface area contributed by atoms with Gasteiger partial charge in [0.25, 0.3) is 11.8 Å². The number of nitrogens with zero attached hydrogens (tertiary/aromatic N) is 1. The highest BCUT2D eigenvalue weighted by Crippen LogP contribution is 2.28. The summed E-state index contributed by atoms with van der Waals surface area (Å²) in [7, 11) is 3.02. The number of nitrogens with one attached hydrogen (secondary N) is 2. The Morgan fingerprint density at radius 2 is 1.68 bits per heavy atom. The number of methoxy groups -OCH3 is 2. The summed E-state index contributed by atoms with van der Waals surface area (Å²) in [4.78, 5) is 37.8. The molecule has 1 aliphatic heterocycles. The van der Waals surface area contributed by atoms with Crippen LogP contribution in [0.15, 0.2) is 42.5 Å². The monoisotopic (exact) mass is 399 g/mol. The van der Waals surface area contributed by atoms with Crippen molar-refractivity contribution in [2.24, 2.45) is 0 Å². The zero-order valence-electron chi connectivity index (χ0n) is 15.1. The number of imide groups is 1. The van der Waals surface area contributed by atoms with Crippen molar-refractivity contribution in [1.82, 2.24) is 10.2 Å². The first-order valence-corrected chi connectivity index (χ1v) is 8.63. The van der Waals surface area contributed by atoms with E-state index in [0.29, 0.717) is 17.2 Å². The van der Waals surface area contributed by atoms with Crippen molar-refractivity contribution in [3.63, 3.8) is 0 Å². The summed E-state index contributed by atoms with van der Waals surface area (Å²) in [6, 6.07) is 11.5. The lowest BCUT2D eigenvalue weighted by Crippen LogP contribution is -2.43. The largest absolute Gasteiger partial charge is 0.497 e. The Bertz CT molecular complexity index is 941. The maximum Gasteiger partial charge on any atom is 0.262 e. The Balaban J connectivity index is 1.64. The number of rotatable bonds is 5. The van der Waals surface area contributed by atoms with Crippen LogP contribution in [0.5, 0.6) is 11.5 Å². The van der Waals surface area contributed by atoms with E-state index in [2.05, 4.69) is 10.6 Å². The van der Waals surface area contributed by atoms with Gasteiger partial charge in [0.05, 0.1) is 31.0 Å². The van der Waals surface area contributed by atoms with Gasteiger partial charge in [-0.1, -0.05) is 12.1 Å². The molecule has 2 N–H and O–H groups in total. The molecular formula is C19H17N3O5S. The predicted molar refractivity (Wildman–Crippen MR) is 106 cm³/mol. The van der Waals surface area contributed by atoms with Crippen LogP contribution in [0, 0.1) is 0 Å². The highest BCUT2D eigenvalue weighted by Gasteiger charge is 2.36. The van der Waals surface area contributed by atoms with Crippen LogP contribution in [-0.4, -0.2) is 48.5 Å². The molecule has 0 radical (unpaired) electrons. The molecule has 3 rings (SSSR count). The van der Waals surface area contributed by atoms with Crippen LogP contribution in [-0.2, 0) is 4.79 Å². The molecule has 0 aliphatic carbocycles. The molecule has 28 heavy (non-hydrogen) atoms. The number of hydrogen-bond acceptors (Lipinski definition) is 6. The topological polar surface area (TPSA) is 97.0 Å². The van der Waals surface area contributed by atoms with E-state index in [1.165, 1.54) is 14.2 Å². The Morgan fingerprint density at radius 1 is 1.04 bits per heavy atom. The average molecular weight is 399 g/mol. The summed E-state index contributed by atoms with van der Waals surface area (Å²) >= 11 is 5.14. The summed E-state index contributed by atoms with van der Waals surface area (Å²) in [6.45, 7) is -0.441. The van der Waals surface area contributed by atoms with E-state index in [1.54, 1.807) is 42.5 Å². The van der Waals surface area contributed by atoms with Crippen LogP contribution in [0.1, 0.15) is 20.7 Å². The third kappa shape index (κ3) is 3.79. The fourth-order valence-corrected chi connectivity index (χ4v) is 2.98. The Labute approximate surface area is 166 Å². The smallest absolute Gasteiger partial charge is 0.262 e. The van der Waals surface area contributed by atoms with Gasteiger partial charge in [-0.3, -0.25) is 19.3 Å². The highest BCUT2D eigenvalue weighted by atomic mass is 32.1. The van der Waals surface area contributed by atoms with Crippen molar-refractivity contribution in [2.75, 3.05) is 26.1 Å². The maximum absolute atomic E-state index is 12.3. The van der Waals surface area contributed by atoms with Crippen molar-refractivity contribution in [3.05, 3.63) is 53.6 Å². The molecule has 0 aromatic heterocycles. The van der Waals surface area contributed by atoms with Crippen molar-refractivity contribution in [1.29, 1.82) is 0 Å². The molecule has 1 aliphatic rings. The summed E-state index contributed by atoms with van der Waals surface area (Å²) < 4.78 is 10.4. The molecule has 0 atom stereocenters. The number of hydrogen-bond donors (Lipinski definition) is 2. The van der Waals surface area contributed by atoms with Crippen molar-refractivity contribution in [3.8, 4) is 11.5 Å². The van der Waals surface area contributed by atoms with Crippen LogP contribution < -0.4 is 20.1 Å². The van der Waals surface area contributed by atoms with Gasteiger partial charge in [0.1, 0.15) is 18.0 Å². The van der Waals surface area contributed by atoms with Crippen LogP contribution >= 0.6 is 12.2 Å². The van der Waals surface area contributed by atoms with Gasteiger partial charge in [-0.15, -0.1) is 0 Å². The van der Waals surface area contributed by atoms with E-state index < -0.39 is 24.3 Å². The standard InChI is InChI=1S/C19H17N3O5S/c1-26-11-7-8-15(27-2)14(9-11)20-19(28)21-16(23)10-22-17(24)12-5-3-4-6-13(12)18(22)25/h3-9H,10H2,1-2H3,(H2,20,21,23,28). The molecule has 0 fully saturated rings. The lowest BCUT2D eigenvalue weighted by molar-refractivity contribution is -0.120. The number of amides is 3. The molecule has 0 unspecified atom stereocenters. The van der Waals surface area contributed by atoms with Gasteiger partial charge in [0.15, 0.2) is 5.11 Å². The fourth-order valence-electron chi connectivity index (χ4n) is 2.76. The van der Waals surface area contributed by atoms with E-state index in [-0.39, 0.29) is 16.2 Å². The predicted octanol–water partition coefficient (Wildman–Crippen LogP) is 1.81. The first-order valence-electron chi connectivity index (χ1n) is 8.22. The average Bonchev–Trinajstić information content (AvgIpc) is 2.93. The van der Waals surface area contributed by atoms with Gasteiger partial charge >= 0.3 is 0 Å². The summed E-state index contributed by atoms with van der Waals surface area (Å²) in [5, 5.41) is 5.28. The van der Waals surface area contributed by atoms with E-state index >= 15 is 0 Å². The molecule has 0 saturated carbocycles. The number of carbonyl (C=O) groups excluding carboxylic acids is 3. The Kier molecular flexibility index (Phi) is 5.55. The highest BCUT2D eigenvalue weighted by molar-refractivity contribution is 7.80. The summed E-state index contributed by atoms with van der Waals surface area (Å²) in [5.41, 5.74) is 1.05. The van der Waals surface area contributed by atoms with Crippen LogP contribution in [0.3, 0.4) is 0 Å². The van der Waals surface area contributed by atoms with Gasteiger partial charge in [-0.25, -0.2) is 0 Å². The van der Waals surface area contributed by atoms with Gasteiger partial charge in [0, 0.05) is 6.07 Å². The third-order valence-corrected chi connectivity index (χ3v) is 4.29. The molecule has 8 nitrogen and oxygen atoms in total. The molecule has 0 saturated heterocycles. The lowest BCUT2D eigenvalue weighted by atomic mass is 10.1. The minimum absolute atomic E-state index is 0.00633. The van der Waals surface area contributed by atoms with Gasteiger partial charge in [-0.2, -0.15) is 0 Å². The molecule has 9 heteroatoms. The second-order valence-electron chi connectivity index (χ2n) is 5.81. The first-order chi connectivity index (χ1) is 13.4. The maximum atomic E-state index is 12.3. The zero-order valence-corrected chi connectivity index (χ0v) is 16.0. The minimum Gasteiger partial charge on any atom is -0.497 e. The molecule has 3 amide bonds. The molecule has 144 valence electrons. The number of carbonyl (C=O) groups is 3. The van der Waals surface area contributed by atoms with Crippen molar-refractivity contribution >= 4 is 40.7 Å². The molecule has 2 aromatic carbocycles. The lowest BCUT2D eigenvalue weighted by Gasteiger charge is -2.16. The molecule has 2 aromatic rings. The fraction of sp³-hybridized carbons (Fsp3) is 0.158. The summed E-state index contributed by atoms with van der Waals surface area (Å²) in [6.07, 6.45) is 0. The normalized spacial score (nSPS) is 12.4. The molecule has 0 bridgehead atoms. The minimum atomic E-state index is -0.603. The number of anilines is 1. The SMILES string of the molecule is COc1ccc(OC)c(NC(=S)NC(=O)CN2C(=O)c3ccccc3C2=O)c1. The molecular weight excluding hydrogens is 382 g/mol. The van der Waals surface area contributed by atoms with Crippen LogP contribution in [0.4, 0.5) is 5.69 Å². The van der Waals surface area contributed by atoms with Crippen LogP contribution in [0.2, 0.25) is 0 Å². The Hall–Kier alpha value is -3.46. The molecule has 0 spiro atoms. The molecule has 1 heterocycles. The van der Waals surface area contributed by atoms with Crippen molar-refractivity contribution in [2.45, 2.75) is 0 Å². The van der Waals surface area contributed by atoms with E-state index in [1.807, 2.05) is 0 Å². The van der Waals surface area contributed by atoms with Gasteiger partial charge in [-0.05, 0) is 36.5 Å². The number of benzene rings is 2. The second kappa shape index (κ2) is 8.05. The quantitative estimate of drug-likeness (QED) is 0.585. The number of thiocarbonyl (C=S) groups is 1.